The minimum atomic E-state index is 1.16. The lowest BCUT2D eigenvalue weighted by molar-refractivity contribution is 1.33. The molecule has 0 bridgehead atoms. The van der Waals surface area contributed by atoms with Gasteiger partial charge in [-0.15, -0.1) is 26.3 Å². The quantitative estimate of drug-likeness (QED) is 0.579. The Balaban J connectivity index is 0. The maximum Gasteiger partial charge on any atom is 0.0178 e. The molecule has 0 nitrogen and oxygen atoms in total. The molecular formula is C12H17Br. The highest BCUT2D eigenvalue weighted by Crippen LogP contribution is 2.14. The van der Waals surface area contributed by atoms with Crippen molar-refractivity contribution >= 4 is 15.9 Å². The second-order valence-corrected chi connectivity index (χ2v) is 3.14. The molecular weight excluding hydrogens is 224 g/mol. The fourth-order valence-corrected chi connectivity index (χ4v) is 1.18. The summed E-state index contributed by atoms with van der Waals surface area (Å²) in [6.07, 6.45) is 0. The number of rotatable bonds is 0. The largest absolute Gasteiger partial charge is 0.106 e. The third-order valence-electron chi connectivity index (χ3n) is 1.47. The van der Waals surface area contributed by atoms with Crippen LogP contribution in [-0.4, -0.2) is 0 Å². The first kappa shape index (κ1) is 14.7. The molecule has 0 atom stereocenters. The van der Waals surface area contributed by atoms with Gasteiger partial charge >= 0.3 is 0 Å². The Morgan fingerprint density at radius 1 is 0.923 bits per heavy atom. The first-order valence-corrected chi connectivity index (χ1v) is 4.72. The van der Waals surface area contributed by atoms with E-state index in [0.29, 0.717) is 0 Å². The van der Waals surface area contributed by atoms with Crippen LogP contribution >= 0.6 is 15.9 Å². The van der Waals surface area contributed by atoms with Crippen LogP contribution in [0.15, 0.2) is 49.0 Å². The van der Waals surface area contributed by atoms with Gasteiger partial charge in [-0.3, -0.25) is 0 Å². The van der Waals surface area contributed by atoms with E-state index in [2.05, 4.69) is 74.3 Å². The molecule has 72 valence electrons. The van der Waals surface area contributed by atoms with Crippen molar-refractivity contribution in [1.29, 1.82) is 0 Å². The summed E-state index contributed by atoms with van der Waals surface area (Å²) < 4.78 is 1.16. The van der Waals surface area contributed by atoms with Crippen LogP contribution in [0.2, 0.25) is 0 Å². The lowest BCUT2D eigenvalue weighted by Crippen LogP contribution is -1.77. The summed E-state index contributed by atoms with van der Waals surface area (Å²) in [5.74, 6) is 0. The maximum atomic E-state index is 3.40. The zero-order chi connectivity index (χ0) is 10.9. The van der Waals surface area contributed by atoms with Crippen molar-refractivity contribution in [3.8, 4) is 0 Å². The summed E-state index contributed by atoms with van der Waals surface area (Å²) in [7, 11) is 0. The Morgan fingerprint density at radius 2 is 1.38 bits per heavy atom. The van der Waals surface area contributed by atoms with E-state index in [9.17, 15) is 0 Å². The molecule has 0 aliphatic carbocycles. The van der Waals surface area contributed by atoms with Gasteiger partial charge in [0.1, 0.15) is 0 Å². The van der Waals surface area contributed by atoms with Gasteiger partial charge in [0.15, 0.2) is 0 Å². The lowest BCUT2D eigenvalue weighted by atomic mass is 10.1. The van der Waals surface area contributed by atoms with E-state index in [4.69, 9.17) is 0 Å². The SMILES string of the molecule is C=C.C=C.Cc1ccc(Br)cc1C. The van der Waals surface area contributed by atoms with Crippen LogP contribution in [0.3, 0.4) is 0 Å². The molecule has 0 saturated carbocycles. The average molecular weight is 241 g/mol. The van der Waals surface area contributed by atoms with E-state index in [1.807, 2.05) is 0 Å². The van der Waals surface area contributed by atoms with E-state index in [0.717, 1.165) is 4.47 Å². The van der Waals surface area contributed by atoms with Crippen LogP contribution in [0.25, 0.3) is 0 Å². The fraction of sp³-hybridized carbons (Fsp3) is 0.167. The molecule has 0 aliphatic rings. The molecule has 0 aliphatic heterocycles. The first-order valence-electron chi connectivity index (χ1n) is 3.93. The predicted octanol–water partition coefficient (Wildman–Crippen LogP) is 4.67. The standard InChI is InChI=1S/C8H9Br.2C2H4/c1-6-3-4-8(9)5-7(6)2;2*1-2/h3-5H,1-2H3;2*1-2H2. The van der Waals surface area contributed by atoms with E-state index < -0.39 is 0 Å². The summed E-state index contributed by atoms with van der Waals surface area (Å²) in [4.78, 5) is 0. The third-order valence-corrected chi connectivity index (χ3v) is 1.96. The van der Waals surface area contributed by atoms with Crippen molar-refractivity contribution < 1.29 is 0 Å². The molecule has 0 saturated heterocycles. The van der Waals surface area contributed by atoms with Crippen molar-refractivity contribution in [2.24, 2.45) is 0 Å². The molecule has 0 unspecified atom stereocenters. The fourth-order valence-electron chi connectivity index (χ4n) is 0.705. The van der Waals surface area contributed by atoms with E-state index >= 15 is 0 Å². The monoisotopic (exact) mass is 240 g/mol. The third kappa shape index (κ3) is 6.35. The van der Waals surface area contributed by atoms with Gasteiger partial charge in [-0.25, -0.2) is 0 Å². The smallest absolute Gasteiger partial charge is 0.0178 e. The van der Waals surface area contributed by atoms with E-state index in [1.165, 1.54) is 11.1 Å². The summed E-state index contributed by atoms with van der Waals surface area (Å²) >= 11 is 3.40. The predicted molar refractivity (Wildman–Crippen MR) is 66.1 cm³/mol. The molecule has 0 radical (unpaired) electrons. The van der Waals surface area contributed by atoms with Gasteiger partial charge in [0.2, 0.25) is 0 Å². The van der Waals surface area contributed by atoms with Crippen LogP contribution in [0.1, 0.15) is 11.1 Å². The second-order valence-electron chi connectivity index (χ2n) is 2.23. The van der Waals surface area contributed by atoms with Crippen molar-refractivity contribution in [2.45, 2.75) is 13.8 Å². The number of hydrogen-bond donors (Lipinski definition) is 0. The second kappa shape index (κ2) is 9.27. The van der Waals surface area contributed by atoms with Gasteiger partial charge in [-0.1, -0.05) is 22.0 Å². The minimum Gasteiger partial charge on any atom is -0.106 e. The molecule has 1 aromatic carbocycles. The Bertz CT molecular complexity index is 239. The Kier molecular flexibility index (Phi) is 10.5. The number of aryl methyl sites for hydroxylation is 2. The highest BCUT2D eigenvalue weighted by atomic mass is 79.9. The van der Waals surface area contributed by atoms with Gasteiger partial charge in [0.05, 0.1) is 0 Å². The lowest BCUT2D eigenvalue weighted by Gasteiger charge is -1.97. The Labute approximate surface area is 90.1 Å². The number of halogens is 1. The van der Waals surface area contributed by atoms with Crippen molar-refractivity contribution in [2.75, 3.05) is 0 Å². The number of hydrogen-bond acceptors (Lipinski definition) is 0. The van der Waals surface area contributed by atoms with Gasteiger partial charge in [-0.2, -0.15) is 0 Å². The van der Waals surface area contributed by atoms with Crippen LogP contribution in [-0.2, 0) is 0 Å². The maximum absolute atomic E-state index is 3.40. The first-order chi connectivity index (χ1) is 6.20. The molecule has 0 spiro atoms. The van der Waals surface area contributed by atoms with Crippen LogP contribution in [0.4, 0.5) is 0 Å². The zero-order valence-electron chi connectivity index (χ0n) is 8.44. The molecule has 0 aromatic heterocycles. The summed E-state index contributed by atoms with van der Waals surface area (Å²) in [6, 6.07) is 6.29. The van der Waals surface area contributed by atoms with Crippen molar-refractivity contribution in [1.82, 2.24) is 0 Å². The zero-order valence-corrected chi connectivity index (χ0v) is 10.0. The van der Waals surface area contributed by atoms with Crippen LogP contribution in [0.5, 0.6) is 0 Å². The summed E-state index contributed by atoms with van der Waals surface area (Å²) in [6.45, 7) is 16.2. The van der Waals surface area contributed by atoms with Crippen LogP contribution < -0.4 is 0 Å². The molecule has 0 amide bonds. The number of benzene rings is 1. The van der Waals surface area contributed by atoms with Gasteiger partial charge < -0.3 is 0 Å². The average Bonchev–Trinajstić information content (AvgIpc) is 2.18. The van der Waals surface area contributed by atoms with Gasteiger partial charge in [-0.05, 0) is 37.1 Å². The van der Waals surface area contributed by atoms with Gasteiger partial charge in [0, 0.05) is 4.47 Å². The Hall–Kier alpha value is -0.820. The van der Waals surface area contributed by atoms with Crippen LogP contribution in [0, 0.1) is 13.8 Å². The topological polar surface area (TPSA) is 0 Å². The molecule has 13 heavy (non-hydrogen) atoms. The minimum absolute atomic E-state index is 1.16. The normalized spacial score (nSPS) is 7.31. The molecule has 1 rings (SSSR count). The highest BCUT2D eigenvalue weighted by Gasteiger charge is 1.90. The summed E-state index contributed by atoms with van der Waals surface area (Å²) in [5.41, 5.74) is 2.68. The van der Waals surface area contributed by atoms with Crippen molar-refractivity contribution in [3.05, 3.63) is 60.1 Å². The molecule has 0 fully saturated rings. The molecule has 0 heterocycles. The van der Waals surface area contributed by atoms with Gasteiger partial charge in [0.25, 0.3) is 0 Å². The molecule has 1 heteroatoms. The summed E-state index contributed by atoms with van der Waals surface area (Å²) in [5, 5.41) is 0. The van der Waals surface area contributed by atoms with E-state index in [-0.39, 0.29) is 0 Å². The molecule has 1 aromatic rings. The Morgan fingerprint density at radius 3 is 1.69 bits per heavy atom. The molecule has 0 N–H and O–H groups in total. The van der Waals surface area contributed by atoms with Crippen molar-refractivity contribution in [3.63, 3.8) is 0 Å². The highest BCUT2D eigenvalue weighted by molar-refractivity contribution is 9.10. The van der Waals surface area contributed by atoms with E-state index in [1.54, 1.807) is 0 Å².